The molecule has 6 heteroatoms. The lowest BCUT2D eigenvalue weighted by Crippen LogP contribution is -2.01. The zero-order valence-corrected chi connectivity index (χ0v) is 16.0. The Morgan fingerprint density at radius 1 is 1.21 bits per heavy atom. The van der Waals surface area contributed by atoms with Gasteiger partial charge < -0.3 is 9.67 Å². The van der Waals surface area contributed by atoms with E-state index in [2.05, 4.69) is 23.4 Å². The Labute approximate surface area is 166 Å². The molecule has 146 valence electrons. The topological polar surface area (TPSA) is 70.9 Å². The maximum absolute atomic E-state index is 13.5. The number of hydrogen-bond donors (Lipinski definition) is 2. The molecule has 0 radical (unpaired) electrons. The number of nitrogens with zero attached hydrogens (tertiary/aromatic N) is 2. The number of carbonyl (C=O) groups is 1. The van der Waals surface area contributed by atoms with Crippen LogP contribution in [-0.2, 0) is 4.79 Å². The van der Waals surface area contributed by atoms with Crippen LogP contribution in [-0.4, -0.2) is 25.8 Å². The Balaban J connectivity index is 2.07. The number of halogens is 1. The molecule has 0 aliphatic carbocycles. The van der Waals surface area contributed by atoms with Gasteiger partial charge in [0.15, 0.2) is 0 Å². The fourth-order valence-electron chi connectivity index (χ4n) is 3.73. The van der Waals surface area contributed by atoms with Crippen molar-refractivity contribution in [2.75, 3.05) is 0 Å². The van der Waals surface area contributed by atoms with Crippen molar-refractivity contribution < 1.29 is 14.3 Å². The minimum Gasteiger partial charge on any atom is -0.481 e. The molecule has 0 bridgehead atoms. The Kier molecular flexibility index (Phi) is 4.54. The van der Waals surface area contributed by atoms with E-state index in [0.29, 0.717) is 6.42 Å². The number of benzene rings is 2. The molecule has 0 saturated heterocycles. The Morgan fingerprint density at radius 2 is 1.93 bits per heavy atom. The summed E-state index contributed by atoms with van der Waals surface area (Å²) in [5.74, 6) is -1.19. The standard InChI is InChI=1S/C23H20FN3O2/c1-13(2)23-22(14(3)4-9-21(28)29)18-11-19-15(12-25-26-19)10-20(18)27(23)17-7-5-16(24)6-8-17/h5-8,10-12H,1,3-4,9H2,2H3,(H,25,26)(H,28,29). The second-order valence-corrected chi connectivity index (χ2v) is 7.14. The van der Waals surface area contributed by atoms with Gasteiger partial charge in [-0.05, 0) is 60.9 Å². The van der Waals surface area contributed by atoms with Crippen molar-refractivity contribution in [3.63, 3.8) is 0 Å². The van der Waals surface area contributed by atoms with Crippen molar-refractivity contribution in [2.24, 2.45) is 0 Å². The quantitative estimate of drug-likeness (QED) is 0.454. The van der Waals surface area contributed by atoms with Crippen molar-refractivity contribution in [3.05, 3.63) is 72.8 Å². The summed E-state index contributed by atoms with van der Waals surface area (Å²) in [6, 6.07) is 10.3. The Morgan fingerprint density at radius 3 is 2.59 bits per heavy atom. The smallest absolute Gasteiger partial charge is 0.303 e. The highest BCUT2D eigenvalue weighted by Crippen LogP contribution is 2.39. The van der Waals surface area contributed by atoms with Crippen LogP contribution in [0.1, 0.15) is 31.0 Å². The van der Waals surface area contributed by atoms with Crippen LogP contribution in [0.25, 0.3) is 38.6 Å². The largest absolute Gasteiger partial charge is 0.481 e. The van der Waals surface area contributed by atoms with Gasteiger partial charge in [0.05, 0.1) is 22.9 Å². The zero-order chi connectivity index (χ0) is 20.7. The number of carboxylic acids is 1. The van der Waals surface area contributed by atoms with Crippen LogP contribution in [0.15, 0.2) is 55.8 Å². The monoisotopic (exact) mass is 389 g/mol. The molecule has 2 heterocycles. The minimum absolute atomic E-state index is 0.00993. The van der Waals surface area contributed by atoms with Crippen molar-refractivity contribution in [3.8, 4) is 5.69 Å². The summed E-state index contributed by atoms with van der Waals surface area (Å²) in [7, 11) is 0. The molecule has 29 heavy (non-hydrogen) atoms. The Hall–Kier alpha value is -3.67. The summed E-state index contributed by atoms with van der Waals surface area (Å²) >= 11 is 0. The van der Waals surface area contributed by atoms with Crippen LogP contribution in [0.4, 0.5) is 4.39 Å². The molecule has 0 fully saturated rings. The SMILES string of the molecule is C=C(CCC(=O)O)c1c(C(=C)C)n(-c2ccc(F)cc2)c2cc3cn[nH]c3cc12. The first-order valence-corrected chi connectivity index (χ1v) is 9.20. The molecule has 5 nitrogen and oxygen atoms in total. The van der Waals surface area contributed by atoms with Gasteiger partial charge in [0.2, 0.25) is 0 Å². The van der Waals surface area contributed by atoms with Crippen LogP contribution in [0.5, 0.6) is 0 Å². The number of aromatic amines is 1. The van der Waals surface area contributed by atoms with Crippen LogP contribution in [0, 0.1) is 5.82 Å². The maximum atomic E-state index is 13.5. The van der Waals surface area contributed by atoms with Crippen molar-refractivity contribution >= 4 is 38.9 Å². The van der Waals surface area contributed by atoms with Crippen LogP contribution in [0.3, 0.4) is 0 Å². The first-order valence-electron chi connectivity index (χ1n) is 9.20. The van der Waals surface area contributed by atoms with Gasteiger partial charge in [-0.2, -0.15) is 5.10 Å². The Bertz CT molecular complexity index is 1280. The molecule has 0 unspecified atom stereocenters. The van der Waals surface area contributed by atoms with E-state index in [1.54, 1.807) is 18.3 Å². The zero-order valence-electron chi connectivity index (χ0n) is 16.0. The van der Waals surface area contributed by atoms with E-state index in [9.17, 15) is 9.18 Å². The molecule has 0 aliphatic rings. The van der Waals surface area contributed by atoms with Crippen molar-refractivity contribution in [2.45, 2.75) is 19.8 Å². The van der Waals surface area contributed by atoms with Gasteiger partial charge in [0.1, 0.15) is 5.82 Å². The summed E-state index contributed by atoms with van der Waals surface area (Å²) in [6.07, 6.45) is 2.05. The molecule has 0 atom stereocenters. The number of carboxylic acid groups (broad SMARTS) is 1. The summed E-state index contributed by atoms with van der Waals surface area (Å²) in [5.41, 5.74) is 5.77. The third-order valence-corrected chi connectivity index (χ3v) is 5.01. The first-order chi connectivity index (χ1) is 13.9. The molecule has 0 amide bonds. The minimum atomic E-state index is -0.874. The fourth-order valence-corrected chi connectivity index (χ4v) is 3.73. The molecule has 2 aromatic carbocycles. The normalized spacial score (nSPS) is 11.2. The molecule has 0 spiro atoms. The molecule has 2 aromatic heterocycles. The van der Waals surface area contributed by atoms with Crippen molar-refractivity contribution in [1.82, 2.24) is 14.8 Å². The van der Waals surface area contributed by atoms with Crippen molar-refractivity contribution in [1.29, 1.82) is 0 Å². The lowest BCUT2D eigenvalue weighted by Gasteiger charge is -2.13. The number of allylic oxidation sites excluding steroid dienone is 2. The van der Waals surface area contributed by atoms with Gasteiger partial charge in [0.25, 0.3) is 0 Å². The second kappa shape index (κ2) is 7.05. The number of aliphatic carboxylic acids is 1. The lowest BCUT2D eigenvalue weighted by atomic mass is 9.97. The van der Waals surface area contributed by atoms with Crippen LogP contribution < -0.4 is 0 Å². The highest BCUT2D eigenvalue weighted by molar-refractivity contribution is 6.05. The number of nitrogens with one attached hydrogen (secondary N) is 1. The molecular weight excluding hydrogens is 369 g/mol. The highest BCUT2D eigenvalue weighted by Gasteiger charge is 2.22. The third kappa shape index (κ3) is 3.23. The summed E-state index contributed by atoms with van der Waals surface area (Å²) < 4.78 is 15.6. The van der Waals surface area contributed by atoms with E-state index in [1.807, 2.05) is 23.6 Å². The van der Waals surface area contributed by atoms with Gasteiger partial charge in [0, 0.05) is 28.4 Å². The van der Waals surface area contributed by atoms with E-state index < -0.39 is 5.97 Å². The number of aromatic nitrogens is 3. The fraction of sp³-hybridized carbons (Fsp3) is 0.130. The van der Waals surface area contributed by atoms with E-state index in [-0.39, 0.29) is 12.2 Å². The van der Waals surface area contributed by atoms with Crippen LogP contribution >= 0.6 is 0 Å². The van der Waals surface area contributed by atoms with Crippen LogP contribution in [0.2, 0.25) is 0 Å². The summed E-state index contributed by atoms with van der Waals surface area (Å²) in [6.45, 7) is 10.2. The first kappa shape index (κ1) is 18.7. The summed E-state index contributed by atoms with van der Waals surface area (Å²) in [5, 5.41) is 18.1. The van der Waals surface area contributed by atoms with Gasteiger partial charge in [-0.15, -0.1) is 0 Å². The predicted molar refractivity (Wildman–Crippen MR) is 113 cm³/mol. The molecule has 4 aromatic rings. The third-order valence-electron chi connectivity index (χ3n) is 5.01. The van der Waals surface area contributed by atoms with E-state index >= 15 is 0 Å². The van der Waals surface area contributed by atoms with Gasteiger partial charge >= 0.3 is 5.97 Å². The van der Waals surface area contributed by atoms with E-state index in [4.69, 9.17) is 5.11 Å². The molecule has 0 aliphatic heterocycles. The molecule has 2 N–H and O–H groups in total. The average Bonchev–Trinajstić information content (AvgIpc) is 3.26. The van der Waals surface area contributed by atoms with Gasteiger partial charge in [-0.25, -0.2) is 4.39 Å². The summed E-state index contributed by atoms with van der Waals surface area (Å²) in [4.78, 5) is 11.1. The maximum Gasteiger partial charge on any atom is 0.303 e. The molecular formula is C23H20FN3O2. The van der Waals surface area contributed by atoms with E-state index in [0.717, 1.165) is 49.9 Å². The van der Waals surface area contributed by atoms with Gasteiger partial charge in [-0.3, -0.25) is 9.89 Å². The number of rotatable bonds is 6. The van der Waals surface area contributed by atoms with E-state index in [1.165, 1.54) is 12.1 Å². The number of H-pyrrole nitrogens is 1. The lowest BCUT2D eigenvalue weighted by molar-refractivity contribution is -0.136. The number of hydrogen-bond acceptors (Lipinski definition) is 2. The highest BCUT2D eigenvalue weighted by atomic mass is 19.1. The van der Waals surface area contributed by atoms with Gasteiger partial charge in [-0.1, -0.05) is 13.2 Å². The molecule has 4 rings (SSSR count). The molecule has 0 saturated carbocycles. The average molecular weight is 389 g/mol. The second-order valence-electron chi connectivity index (χ2n) is 7.14. The predicted octanol–water partition coefficient (Wildman–Crippen LogP) is 5.56. The number of fused-ring (bicyclic) bond motifs is 2.